The fraction of sp³-hybridized carbons (Fsp3) is 0.167. The molecule has 0 fully saturated rings. The summed E-state index contributed by atoms with van der Waals surface area (Å²) in [5.74, 6) is 0. The molecule has 0 saturated carbocycles. The average Bonchev–Trinajstić information content (AvgIpc) is 2.74. The summed E-state index contributed by atoms with van der Waals surface area (Å²) in [6.45, 7) is 0. The van der Waals surface area contributed by atoms with E-state index in [1.807, 2.05) is 35.7 Å². The van der Waals surface area contributed by atoms with Crippen LogP contribution in [0.2, 0.25) is 5.02 Å². The number of rotatable bonds is 3. The van der Waals surface area contributed by atoms with Crippen LogP contribution in [0, 0.1) is 0 Å². The van der Waals surface area contributed by atoms with Gasteiger partial charge in [0.2, 0.25) is 0 Å². The number of aliphatic hydroxyl groups excluding tert-OH is 1. The number of halogens is 2. The third kappa shape index (κ3) is 2.66. The lowest BCUT2D eigenvalue weighted by molar-refractivity contribution is 0.179. The van der Waals surface area contributed by atoms with E-state index in [1.165, 1.54) is 0 Å². The molecule has 1 atom stereocenters. The molecule has 1 heterocycles. The Morgan fingerprint density at radius 2 is 2.12 bits per heavy atom. The molecule has 1 aromatic carbocycles. The molecule has 0 amide bonds. The first-order valence-electron chi connectivity index (χ1n) is 4.83. The van der Waals surface area contributed by atoms with Gasteiger partial charge in [0.25, 0.3) is 0 Å². The van der Waals surface area contributed by atoms with Gasteiger partial charge in [-0.05, 0) is 33.4 Å². The van der Waals surface area contributed by atoms with E-state index in [2.05, 4.69) is 15.9 Å². The van der Waals surface area contributed by atoms with Crippen molar-refractivity contribution in [3.63, 3.8) is 0 Å². The predicted molar refractivity (Wildman–Crippen MR) is 72.1 cm³/mol. The van der Waals surface area contributed by atoms with Gasteiger partial charge in [-0.2, -0.15) is 0 Å². The Balaban J connectivity index is 2.21. The molecule has 0 spiro atoms. The Hall–Kier alpha value is -0.350. The molecule has 2 rings (SSSR count). The summed E-state index contributed by atoms with van der Waals surface area (Å²) in [5, 5.41) is 12.7. The Labute approximate surface area is 112 Å². The highest BCUT2D eigenvalue weighted by Crippen LogP contribution is 2.32. The van der Waals surface area contributed by atoms with Crippen LogP contribution in [0.15, 0.2) is 40.2 Å². The largest absolute Gasteiger partial charge is 0.388 e. The van der Waals surface area contributed by atoms with Gasteiger partial charge in [-0.1, -0.05) is 29.8 Å². The molecule has 0 saturated heterocycles. The number of benzene rings is 1. The molecule has 0 bridgehead atoms. The van der Waals surface area contributed by atoms with Gasteiger partial charge in [0.15, 0.2) is 0 Å². The molecule has 0 aliphatic heterocycles. The number of aliphatic hydroxyl groups is 1. The minimum Gasteiger partial charge on any atom is -0.388 e. The van der Waals surface area contributed by atoms with Gasteiger partial charge in [-0.25, -0.2) is 0 Å². The number of thiophene rings is 1. The van der Waals surface area contributed by atoms with Crippen molar-refractivity contribution >= 4 is 38.9 Å². The second kappa shape index (κ2) is 5.32. The standard InChI is InChI=1S/C12H10BrClOS/c13-10-5-1-4-9(12(10)14)11(15)7-8-3-2-6-16-8/h1-6,11,15H,7H2. The summed E-state index contributed by atoms with van der Waals surface area (Å²) < 4.78 is 0.817. The van der Waals surface area contributed by atoms with Crippen molar-refractivity contribution in [1.82, 2.24) is 0 Å². The number of hydrogen-bond acceptors (Lipinski definition) is 2. The SMILES string of the molecule is OC(Cc1cccs1)c1cccc(Br)c1Cl. The van der Waals surface area contributed by atoms with Gasteiger partial charge in [-0.15, -0.1) is 11.3 Å². The third-order valence-electron chi connectivity index (χ3n) is 2.32. The highest BCUT2D eigenvalue weighted by Gasteiger charge is 2.14. The van der Waals surface area contributed by atoms with E-state index in [9.17, 15) is 5.11 Å². The summed E-state index contributed by atoms with van der Waals surface area (Å²) in [4.78, 5) is 1.16. The molecule has 1 aromatic heterocycles. The zero-order chi connectivity index (χ0) is 11.5. The van der Waals surface area contributed by atoms with Crippen LogP contribution in [-0.2, 0) is 6.42 Å². The molecular weight excluding hydrogens is 308 g/mol. The van der Waals surface area contributed by atoms with E-state index in [0.29, 0.717) is 11.4 Å². The first-order chi connectivity index (χ1) is 7.68. The molecule has 2 aromatic rings. The fourth-order valence-corrected chi connectivity index (χ4v) is 2.88. The molecule has 0 radical (unpaired) electrons. The average molecular weight is 318 g/mol. The van der Waals surface area contributed by atoms with Crippen molar-refractivity contribution in [2.45, 2.75) is 12.5 Å². The summed E-state index contributed by atoms with van der Waals surface area (Å²) in [5.41, 5.74) is 0.768. The predicted octanol–water partition coefficient (Wildman–Crippen LogP) is 4.44. The Morgan fingerprint density at radius 1 is 1.31 bits per heavy atom. The summed E-state index contributed by atoms with van der Waals surface area (Å²) in [7, 11) is 0. The molecular formula is C12H10BrClOS. The highest BCUT2D eigenvalue weighted by atomic mass is 79.9. The molecule has 1 unspecified atom stereocenters. The fourth-order valence-electron chi connectivity index (χ4n) is 1.51. The molecule has 1 nitrogen and oxygen atoms in total. The smallest absolute Gasteiger partial charge is 0.0853 e. The second-order valence-corrected chi connectivity index (χ2v) is 5.71. The first-order valence-corrected chi connectivity index (χ1v) is 6.88. The van der Waals surface area contributed by atoms with Crippen molar-refractivity contribution in [2.24, 2.45) is 0 Å². The van der Waals surface area contributed by atoms with Gasteiger partial charge >= 0.3 is 0 Å². The molecule has 4 heteroatoms. The highest BCUT2D eigenvalue weighted by molar-refractivity contribution is 9.10. The van der Waals surface area contributed by atoms with Gasteiger partial charge in [-0.3, -0.25) is 0 Å². The maximum Gasteiger partial charge on any atom is 0.0853 e. The molecule has 0 aliphatic rings. The van der Waals surface area contributed by atoms with Crippen molar-refractivity contribution in [3.05, 3.63) is 55.6 Å². The van der Waals surface area contributed by atoms with E-state index in [-0.39, 0.29) is 0 Å². The van der Waals surface area contributed by atoms with Crippen LogP contribution >= 0.6 is 38.9 Å². The van der Waals surface area contributed by atoms with Gasteiger partial charge in [0, 0.05) is 21.3 Å². The monoisotopic (exact) mass is 316 g/mol. The second-order valence-electron chi connectivity index (χ2n) is 3.44. The van der Waals surface area contributed by atoms with Gasteiger partial charge < -0.3 is 5.11 Å². The van der Waals surface area contributed by atoms with Gasteiger partial charge in [0.1, 0.15) is 0 Å². The maximum atomic E-state index is 10.1. The Morgan fingerprint density at radius 3 is 2.81 bits per heavy atom. The summed E-state index contributed by atoms with van der Waals surface area (Å²) >= 11 is 11.1. The van der Waals surface area contributed by atoms with Crippen LogP contribution < -0.4 is 0 Å². The lowest BCUT2D eigenvalue weighted by atomic mass is 10.1. The van der Waals surface area contributed by atoms with Crippen LogP contribution in [-0.4, -0.2) is 5.11 Å². The van der Waals surface area contributed by atoms with Crippen molar-refractivity contribution in [3.8, 4) is 0 Å². The summed E-state index contributed by atoms with van der Waals surface area (Å²) in [6, 6.07) is 9.59. The first kappa shape index (κ1) is 12.1. The normalized spacial score (nSPS) is 12.7. The van der Waals surface area contributed by atoms with E-state index in [0.717, 1.165) is 14.9 Å². The number of hydrogen-bond donors (Lipinski definition) is 1. The minimum absolute atomic E-state index is 0.552. The van der Waals surface area contributed by atoms with Crippen LogP contribution in [0.5, 0.6) is 0 Å². The van der Waals surface area contributed by atoms with Crippen LogP contribution in [0.25, 0.3) is 0 Å². The maximum absolute atomic E-state index is 10.1. The zero-order valence-electron chi connectivity index (χ0n) is 8.36. The Bertz CT molecular complexity index is 470. The van der Waals surface area contributed by atoms with Crippen molar-refractivity contribution in [2.75, 3.05) is 0 Å². The van der Waals surface area contributed by atoms with E-state index >= 15 is 0 Å². The molecule has 84 valence electrons. The van der Waals surface area contributed by atoms with Crippen LogP contribution in [0.4, 0.5) is 0 Å². The quantitative estimate of drug-likeness (QED) is 0.887. The lowest BCUT2D eigenvalue weighted by Crippen LogP contribution is -2.01. The minimum atomic E-state index is -0.552. The zero-order valence-corrected chi connectivity index (χ0v) is 11.5. The van der Waals surface area contributed by atoms with E-state index in [1.54, 1.807) is 11.3 Å². The Kier molecular flexibility index (Phi) is 4.03. The molecule has 16 heavy (non-hydrogen) atoms. The molecule has 1 N–H and O–H groups in total. The lowest BCUT2D eigenvalue weighted by Gasteiger charge is -2.12. The van der Waals surface area contributed by atoms with Gasteiger partial charge in [0.05, 0.1) is 11.1 Å². The van der Waals surface area contributed by atoms with Crippen molar-refractivity contribution in [1.29, 1.82) is 0 Å². The third-order valence-corrected chi connectivity index (χ3v) is 4.52. The van der Waals surface area contributed by atoms with Crippen LogP contribution in [0.1, 0.15) is 16.5 Å². The van der Waals surface area contributed by atoms with Crippen molar-refractivity contribution < 1.29 is 5.11 Å². The topological polar surface area (TPSA) is 20.2 Å². The van der Waals surface area contributed by atoms with E-state index < -0.39 is 6.10 Å². The van der Waals surface area contributed by atoms with E-state index in [4.69, 9.17) is 11.6 Å². The van der Waals surface area contributed by atoms with Crippen LogP contribution in [0.3, 0.4) is 0 Å². The molecule has 0 aliphatic carbocycles. The summed E-state index contributed by atoms with van der Waals surface area (Å²) in [6.07, 6.45) is 0.0528.